The van der Waals surface area contributed by atoms with Gasteiger partial charge in [-0.05, 0) is 31.2 Å². The lowest BCUT2D eigenvalue weighted by molar-refractivity contribution is 0.1000. The third-order valence-electron chi connectivity index (χ3n) is 4.91. The Hall–Kier alpha value is -2.32. The molecule has 0 aliphatic carbocycles. The van der Waals surface area contributed by atoms with E-state index in [4.69, 9.17) is 4.74 Å². The molecule has 2 aliphatic rings. The van der Waals surface area contributed by atoms with Crippen LogP contribution in [0.2, 0.25) is 0 Å². The number of hydrogen-bond donors (Lipinski definition) is 0. The van der Waals surface area contributed by atoms with Crippen molar-refractivity contribution in [1.29, 1.82) is 0 Å². The zero-order valence-corrected chi connectivity index (χ0v) is 17.2. The molecule has 0 radical (unpaired) electrons. The lowest BCUT2D eigenvalue weighted by Crippen LogP contribution is -2.37. The number of sulfone groups is 1. The van der Waals surface area contributed by atoms with Gasteiger partial charge >= 0.3 is 0 Å². The van der Waals surface area contributed by atoms with Gasteiger partial charge in [-0.15, -0.1) is 0 Å². The fraction of sp³-hybridized carbons (Fsp3) is 0.300. The lowest BCUT2D eigenvalue weighted by Gasteiger charge is -2.24. The number of hydrogen-bond acceptors (Lipinski definition) is 5. The summed E-state index contributed by atoms with van der Waals surface area (Å²) in [4.78, 5) is 19.1. The number of thioether (sulfide) groups is 1. The van der Waals surface area contributed by atoms with Crippen LogP contribution in [-0.4, -0.2) is 49.4 Å². The quantitative estimate of drug-likeness (QED) is 0.766. The molecule has 2 saturated heterocycles. The number of rotatable bonds is 3. The number of anilines is 1. The standard InChI is InChI=1S/C20H20N2O4S2/c1-13-7-9-14(10-8-13)22-16-11-28(24,25)12-18(16)27-20(22)21-19(23)15-5-3-4-6-17(15)26-2/h3-10,16,18H,11-12H2,1-2H3. The number of carbonyl (C=O) groups excluding carboxylic acids is 1. The molecule has 2 aromatic rings. The number of benzene rings is 2. The van der Waals surface area contributed by atoms with Gasteiger partial charge in [0.2, 0.25) is 0 Å². The van der Waals surface area contributed by atoms with Gasteiger partial charge in [-0.1, -0.05) is 41.6 Å². The Kier molecular flexibility index (Phi) is 4.93. The van der Waals surface area contributed by atoms with Crippen molar-refractivity contribution in [2.75, 3.05) is 23.5 Å². The van der Waals surface area contributed by atoms with Gasteiger partial charge in [-0.2, -0.15) is 4.99 Å². The van der Waals surface area contributed by atoms with Crippen LogP contribution in [0.4, 0.5) is 5.69 Å². The molecule has 2 fully saturated rings. The van der Waals surface area contributed by atoms with E-state index in [9.17, 15) is 13.2 Å². The van der Waals surface area contributed by atoms with Crippen LogP contribution in [0, 0.1) is 6.92 Å². The largest absolute Gasteiger partial charge is 0.496 e. The highest BCUT2D eigenvalue weighted by atomic mass is 32.2. The van der Waals surface area contributed by atoms with Gasteiger partial charge in [-0.3, -0.25) is 4.79 Å². The average molecular weight is 417 g/mol. The summed E-state index contributed by atoms with van der Waals surface area (Å²) in [5, 5.41) is 0.403. The number of ether oxygens (including phenoxy) is 1. The maximum atomic E-state index is 12.8. The first-order valence-corrected chi connectivity index (χ1v) is 11.6. The van der Waals surface area contributed by atoms with E-state index in [1.807, 2.05) is 36.1 Å². The van der Waals surface area contributed by atoms with Crippen molar-refractivity contribution in [2.45, 2.75) is 18.2 Å². The van der Waals surface area contributed by atoms with Gasteiger partial charge in [0.15, 0.2) is 15.0 Å². The second-order valence-corrected chi connectivity index (χ2v) is 10.3. The van der Waals surface area contributed by atoms with E-state index in [1.54, 1.807) is 24.3 Å². The van der Waals surface area contributed by atoms with Crippen LogP contribution < -0.4 is 9.64 Å². The maximum Gasteiger partial charge on any atom is 0.283 e. The van der Waals surface area contributed by atoms with E-state index in [-0.39, 0.29) is 22.8 Å². The molecule has 0 bridgehead atoms. The molecule has 1 amide bonds. The predicted octanol–water partition coefficient (Wildman–Crippen LogP) is 2.92. The van der Waals surface area contributed by atoms with Crippen molar-refractivity contribution in [3.63, 3.8) is 0 Å². The Morgan fingerprint density at radius 3 is 2.57 bits per heavy atom. The van der Waals surface area contributed by atoms with E-state index >= 15 is 0 Å². The summed E-state index contributed by atoms with van der Waals surface area (Å²) in [6, 6.07) is 14.5. The number of amides is 1. The van der Waals surface area contributed by atoms with E-state index < -0.39 is 15.7 Å². The van der Waals surface area contributed by atoms with Gasteiger partial charge in [-0.25, -0.2) is 8.42 Å². The van der Waals surface area contributed by atoms with E-state index in [2.05, 4.69) is 4.99 Å². The SMILES string of the molecule is COc1ccccc1C(=O)N=C1SC2CS(=O)(=O)CC2N1c1ccc(C)cc1. The second kappa shape index (κ2) is 7.25. The van der Waals surface area contributed by atoms with E-state index in [0.717, 1.165) is 11.3 Å². The molecule has 4 rings (SSSR count). The average Bonchev–Trinajstić information content (AvgIpc) is 3.13. The highest BCUT2D eigenvalue weighted by Crippen LogP contribution is 2.41. The summed E-state index contributed by atoms with van der Waals surface area (Å²) in [6.07, 6.45) is 0. The molecule has 2 aromatic carbocycles. The van der Waals surface area contributed by atoms with Crippen molar-refractivity contribution in [3.05, 3.63) is 59.7 Å². The van der Waals surface area contributed by atoms with Gasteiger partial charge < -0.3 is 9.64 Å². The summed E-state index contributed by atoms with van der Waals surface area (Å²) in [6.45, 7) is 1.99. The predicted molar refractivity (Wildman–Crippen MR) is 112 cm³/mol. The molecule has 0 saturated carbocycles. The van der Waals surface area contributed by atoms with Crippen LogP contribution in [0.25, 0.3) is 0 Å². The Balaban J connectivity index is 1.73. The normalized spacial score (nSPS) is 24.4. The molecule has 2 aliphatic heterocycles. The summed E-state index contributed by atoms with van der Waals surface area (Å²) >= 11 is 1.36. The Morgan fingerprint density at radius 1 is 1.14 bits per heavy atom. The number of aliphatic imine (C=N–C) groups is 1. The van der Waals surface area contributed by atoms with Crippen LogP contribution in [0.3, 0.4) is 0 Å². The Labute approximate surface area is 168 Å². The second-order valence-electron chi connectivity index (χ2n) is 6.91. The van der Waals surface area contributed by atoms with Gasteiger partial charge in [0, 0.05) is 10.9 Å². The van der Waals surface area contributed by atoms with Gasteiger partial charge in [0.1, 0.15) is 5.75 Å². The molecule has 28 heavy (non-hydrogen) atoms. The maximum absolute atomic E-state index is 12.8. The topological polar surface area (TPSA) is 76.0 Å². The number of para-hydroxylation sites is 1. The number of methoxy groups -OCH3 is 1. The van der Waals surface area contributed by atoms with Gasteiger partial charge in [0.05, 0.1) is 30.2 Å². The van der Waals surface area contributed by atoms with Crippen molar-refractivity contribution in [1.82, 2.24) is 0 Å². The fourth-order valence-electron chi connectivity index (χ4n) is 3.54. The third-order valence-corrected chi connectivity index (χ3v) is 8.12. The highest BCUT2D eigenvalue weighted by Gasteiger charge is 2.49. The van der Waals surface area contributed by atoms with Crippen LogP contribution in [0.5, 0.6) is 5.75 Å². The first-order valence-electron chi connectivity index (χ1n) is 8.87. The lowest BCUT2D eigenvalue weighted by atomic mass is 10.1. The van der Waals surface area contributed by atoms with Crippen LogP contribution in [-0.2, 0) is 9.84 Å². The molecule has 2 unspecified atom stereocenters. The minimum atomic E-state index is -3.09. The highest BCUT2D eigenvalue weighted by molar-refractivity contribution is 8.16. The van der Waals surface area contributed by atoms with Crippen LogP contribution in [0.1, 0.15) is 15.9 Å². The first-order chi connectivity index (χ1) is 13.4. The molecule has 0 spiro atoms. The van der Waals surface area contributed by atoms with Crippen molar-refractivity contribution in [3.8, 4) is 5.75 Å². The summed E-state index contributed by atoms with van der Waals surface area (Å²) in [7, 11) is -1.58. The zero-order valence-electron chi connectivity index (χ0n) is 15.5. The molecule has 0 aromatic heterocycles. The fourth-order valence-corrected chi connectivity index (χ4v) is 7.45. The van der Waals surface area contributed by atoms with Crippen LogP contribution in [0.15, 0.2) is 53.5 Å². The number of aryl methyl sites for hydroxylation is 1. The molecule has 6 nitrogen and oxygen atoms in total. The van der Waals surface area contributed by atoms with E-state index in [0.29, 0.717) is 16.5 Å². The molecule has 146 valence electrons. The minimum Gasteiger partial charge on any atom is -0.496 e. The van der Waals surface area contributed by atoms with Crippen molar-refractivity contribution >= 4 is 38.4 Å². The zero-order chi connectivity index (χ0) is 19.9. The monoisotopic (exact) mass is 416 g/mol. The first kappa shape index (κ1) is 19.0. The molecular weight excluding hydrogens is 396 g/mol. The van der Waals surface area contributed by atoms with Crippen LogP contribution >= 0.6 is 11.8 Å². The number of carbonyl (C=O) groups is 1. The summed E-state index contributed by atoms with van der Waals surface area (Å²) < 4.78 is 29.6. The molecule has 0 N–H and O–H groups in total. The molecule has 2 atom stereocenters. The van der Waals surface area contributed by atoms with E-state index in [1.165, 1.54) is 18.9 Å². The number of fused-ring (bicyclic) bond motifs is 1. The molecular formula is C20H20N2O4S2. The Bertz CT molecular complexity index is 1050. The number of nitrogens with zero attached hydrogens (tertiary/aromatic N) is 2. The summed E-state index contributed by atoms with van der Waals surface area (Å²) in [5.74, 6) is 0.233. The third kappa shape index (κ3) is 3.54. The summed E-state index contributed by atoms with van der Waals surface area (Å²) in [5.41, 5.74) is 2.33. The smallest absolute Gasteiger partial charge is 0.283 e. The minimum absolute atomic E-state index is 0.0699. The Morgan fingerprint density at radius 2 is 1.86 bits per heavy atom. The van der Waals surface area contributed by atoms with Gasteiger partial charge in [0.25, 0.3) is 5.91 Å². The van der Waals surface area contributed by atoms with Crippen molar-refractivity contribution < 1.29 is 17.9 Å². The number of amidine groups is 1. The molecule has 8 heteroatoms. The molecule has 2 heterocycles. The van der Waals surface area contributed by atoms with Crippen molar-refractivity contribution in [2.24, 2.45) is 4.99 Å².